The second-order valence-electron chi connectivity index (χ2n) is 5.74. The molecule has 3 rings (SSSR count). The van der Waals surface area contributed by atoms with Crippen LogP contribution in [-0.2, 0) is 9.59 Å². The summed E-state index contributed by atoms with van der Waals surface area (Å²) in [5.74, 6) is -1.68. The largest absolute Gasteiger partial charge is 0.478 e. The molecule has 0 bridgehead atoms. The van der Waals surface area contributed by atoms with Gasteiger partial charge in [-0.05, 0) is 24.6 Å². The van der Waals surface area contributed by atoms with E-state index in [2.05, 4.69) is 15.3 Å². The van der Waals surface area contributed by atoms with Crippen LogP contribution >= 0.6 is 0 Å². The van der Waals surface area contributed by atoms with Crippen LogP contribution in [0.5, 0.6) is 0 Å². The minimum Gasteiger partial charge on any atom is -0.478 e. The molecular formula is C20H17N3O3. The van der Waals surface area contributed by atoms with E-state index < -0.39 is 11.9 Å². The van der Waals surface area contributed by atoms with Gasteiger partial charge in [0.1, 0.15) is 5.84 Å². The Bertz CT molecular complexity index is 930. The normalized spacial score (nSPS) is 16.3. The van der Waals surface area contributed by atoms with Gasteiger partial charge in [0.25, 0.3) is 0 Å². The number of amides is 1. The lowest BCUT2D eigenvalue weighted by atomic mass is 9.93. The molecule has 1 atom stereocenters. The fraction of sp³-hybridized carbons (Fsp3) is 0.100. The quantitative estimate of drug-likeness (QED) is 0.834. The zero-order chi connectivity index (χ0) is 18.5. The van der Waals surface area contributed by atoms with Crippen molar-refractivity contribution in [1.82, 2.24) is 5.32 Å². The highest BCUT2D eigenvalue weighted by atomic mass is 16.4. The van der Waals surface area contributed by atoms with Crippen molar-refractivity contribution in [2.45, 2.75) is 12.8 Å². The zero-order valence-electron chi connectivity index (χ0n) is 14.1. The number of aliphatic imine (C=N–C) groups is 2. The van der Waals surface area contributed by atoms with E-state index in [1.54, 1.807) is 0 Å². The molecule has 0 saturated heterocycles. The summed E-state index contributed by atoms with van der Waals surface area (Å²) >= 11 is 0. The molecule has 0 aliphatic carbocycles. The monoisotopic (exact) mass is 347 g/mol. The van der Waals surface area contributed by atoms with Gasteiger partial charge in [-0.2, -0.15) is 0 Å². The molecule has 2 aromatic rings. The maximum absolute atomic E-state index is 12.1. The molecule has 0 unspecified atom stereocenters. The van der Waals surface area contributed by atoms with Gasteiger partial charge in [-0.25, -0.2) is 9.79 Å². The number of carboxylic acid groups (broad SMARTS) is 1. The highest BCUT2D eigenvalue weighted by Gasteiger charge is 2.25. The zero-order valence-corrected chi connectivity index (χ0v) is 14.1. The van der Waals surface area contributed by atoms with E-state index in [1.165, 1.54) is 0 Å². The number of nitrogens with one attached hydrogen (secondary N) is 1. The molecule has 0 radical (unpaired) electrons. The summed E-state index contributed by atoms with van der Waals surface area (Å²) in [7, 11) is 0. The van der Waals surface area contributed by atoms with E-state index in [0.717, 1.165) is 29.1 Å². The second-order valence-corrected chi connectivity index (χ2v) is 5.74. The minimum atomic E-state index is -1.19. The van der Waals surface area contributed by atoms with Crippen molar-refractivity contribution in [2.24, 2.45) is 9.98 Å². The Morgan fingerprint density at radius 2 is 1.58 bits per heavy atom. The Labute approximate surface area is 150 Å². The number of aliphatic carboxylic acids is 1. The molecule has 1 heterocycles. The van der Waals surface area contributed by atoms with Gasteiger partial charge in [0.2, 0.25) is 5.91 Å². The molecule has 0 fully saturated rings. The van der Waals surface area contributed by atoms with Crippen molar-refractivity contribution in [3.05, 3.63) is 72.3 Å². The first-order valence-electron chi connectivity index (χ1n) is 8.04. The first kappa shape index (κ1) is 17.3. The third kappa shape index (κ3) is 3.92. The number of carbonyl (C=O) groups excluding carboxylic acids is 1. The first-order chi connectivity index (χ1) is 12.5. The number of hydrogen-bond acceptors (Lipinski definition) is 4. The number of benzene rings is 2. The number of hydrogen-bond donors (Lipinski definition) is 2. The van der Waals surface area contributed by atoms with Gasteiger partial charge in [0.05, 0.1) is 17.3 Å². The minimum absolute atomic E-state index is 0.342. The molecule has 26 heavy (non-hydrogen) atoms. The van der Waals surface area contributed by atoms with Crippen molar-refractivity contribution in [3.8, 4) is 0 Å². The van der Waals surface area contributed by atoms with Gasteiger partial charge in [0.15, 0.2) is 0 Å². The standard InChI is InChI=1S/C20H17N3O3/c1-13-19(14-7-3-2-4-8-14)20(23-17(24)11-12-18(25)26)22-16-10-6-5-9-15(16)21-13/h2-12,19H,1H3,(H,25,26)(H,22,23,24)/b12-11+/t19-/m0/s1. The summed E-state index contributed by atoms with van der Waals surface area (Å²) < 4.78 is 0. The Balaban J connectivity index is 2.06. The van der Waals surface area contributed by atoms with Crippen LogP contribution in [0.2, 0.25) is 0 Å². The Hall–Kier alpha value is -3.54. The molecule has 1 amide bonds. The Morgan fingerprint density at radius 1 is 0.962 bits per heavy atom. The Kier molecular flexibility index (Phi) is 5.03. The number of fused-ring (bicyclic) bond motifs is 1. The third-order valence-electron chi connectivity index (χ3n) is 3.87. The molecule has 2 N–H and O–H groups in total. The van der Waals surface area contributed by atoms with Crippen LogP contribution in [0.3, 0.4) is 0 Å². The third-order valence-corrected chi connectivity index (χ3v) is 3.87. The summed E-state index contributed by atoms with van der Waals surface area (Å²) in [4.78, 5) is 32.0. The van der Waals surface area contributed by atoms with E-state index in [1.807, 2.05) is 61.5 Å². The number of carboxylic acids is 1. The van der Waals surface area contributed by atoms with E-state index in [-0.39, 0.29) is 5.92 Å². The topological polar surface area (TPSA) is 91.1 Å². The number of nitrogens with zero attached hydrogens (tertiary/aromatic N) is 2. The van der Waals surface area contributed by atoms with Crippen LogP contribution in [0.15, 0.2) is 76.7 Å². The molecule has 1 aliphatic rings. The fourth-order valence-corrected chi connectivity index (χ4v) is 2.76. The summed E-state index contributed by atoms with van der Waals surface area (Å²) in [5.41, 5.74) is 3.07. The molecule has 0 saturated carbocycles. The van der Waals surface area contributed by atoms with Crippen LogP contribution in [0.25, 0.3) is 0 Å². The van der Waals surface area contributed by atoms with Crippen molar-refractivity contribution in [3.63, 3.8) is 0 Å². The van der Waals surface area contributed by atoms with Gasteiger partial charge in [-0.3, -0.25) is 9.79 Å². The van der Waals surface area contributed by atoms with E-state index in [9.17, 15) is 9.59 Å². The highest BCUT2D eigenvalue weighted by Crippen LogP contribution is 2.34. The molecule has 2 aromatic carbocycles. The van der Waals surface area contributed by atoms with Crippen LogP contribution in [0, 0.1) is 0 Å². The lowest BCUT2D eigenvalue weighted by molar-refractivity contribution is -0.131. The summed E-state index contributed by atoms with van der Waals surface area (Å²) in [6.45, 7) is 1.88. The average Bonchev–Trinajstić information content (AvgIpc) is 2.76. The predicted molar refractivity (Wildman–Crippen MR) is 100 cm³/mol. The first-order valence-corrected chi connectivity index (χ1v) is 8.04. The molecule has 6 heteroatoms. The summed E-state index contributed by atoms with van der Waals surface area (Å²) in [5, 5.41) is 11.4. The number of amidine groups is 1. The SMILES string of the molecule is CC1=Nc2ccccc2N=C(NC(=O)/C=C/C(=O)O)[C@@H]1c1ccccc1. The molecule has 1 aliphatic heterocycles. The number of para-hydroxylation sites is 2. The smallest absolute Gasteiger partial charge is 0.328 e. The molecule has 130 valence electrons. The van der Waals surface area contributed by atoms with Gasteiger partial charge < -0.3 is 10.4 Å². The lowest BCUT2D eigenvalue weighted by Crippen LogP contribution is -2.36. The molecule has 0 aromatic heterocycles. The van der Waals surface area contributed by atoms with E-state index in [4.69, 9.17) is 5.11 Å². The van der Waals surface area contributed by atoms with Crippen LogP contribution < -0.4 is 5.32 Å². The van der Waals surface area contributed by atoms with Gasteiger partial charge in [-0.15, -0.1) is 0 Å². The van der Waals surface area contributed by atoms with Crippen LogP contribution in [0.4, 0.5) is 11.4 Å². The lowest BCUT2D eigenvalue weighted by Gasteiger charge is -2.18. The van der Waals surface area contributed by atoms with Gasteiger partial charge in [-0.1, -0.05) is 42.5 Å². The summed E-state index contributed by atoms with van der Waals surface area (Å²) in [6, 6.07) is 17.0. The van der Waals surface area contributed by atoms with Crippen LogP contribution in [0.1, 0.15) is 18.4 Å². The molecular weight excluding hydrogens is 330 g/mol. The maximum atomic E-state index is 12.1. The average molecular weight is 347 g/mol. The number of rotatable bonds is 3. The Morgan fingerprint density at radius 3 is 2.23 bits per heavy atom. The van der Waals surface area contributed by atoms with Gasteiger partial charge in [0, 0.05) is 17.9 Å². The maximum Gasteiger partial charge on any atom is 0.328 e. The van der Waals surface area contributed by atoms with Crippen molar-refractivity contribution in [2.75, 3.05) is 0 Å². The van der Waals surface area contributed by atoms with Crippen molar-refractivity contribution >= 4 is 34.8 Å². The van der Waals surface area contributed by atoms with E-state index >= 15 is 0 Å². The van der Waals surface area contributed by atoms with Crippen molar-refractivity contribution in [1.29, 1.82) is 0 Å². The molecule has 0 spiro atoms. The second kappa shape index (κ2) is 7.57. The number of carbonyl (C=O) groups is 2. The van der Waals surface area contributed by atoms with E-state index in [0.29, 0.717) is 11.5 Å². The molecule has 6 nitrogen and oxygen atoms in total. The fourth-order valence-electron chi connectivity index (χ4n) is 2.76. The van der Waals surface area contributed by atoms with Crippen LogP contribution in [-0.4, -0.2) is 28.5 Å². The predicted octanol–water partition coefficient (Wildman–Crippen LogP) is 3.36. The van der Waals surface area contributed by atoms with Crippen molar-refractivity contribution < 1.29 is 14.7 Å². The summed E-state index contributed by atoms with van der Waals surface area (Å²) in [6.07, 6.45) is 1.76. The highest BCUT2D eigenvalue weighted by molar-refractivity contribution is 6.18. The van der Waals surface area contributed by atoms with Gasteiger partial charge >= 0.3 is 5.97 Å².